The number of hydrogen-bond donors (Lipinski definition) is 0. The molecule has 0 aromatic heterocycles. The maximum absolute atomic E-state index is 10.4. The molecule has 0 N–H and O–H groups in total. The first kappa shape index (κ1) is 19.4. The fourth-order valence-corrected chi connectivity index (χ4v) is 4.86. The van der Waals surface area contributed by atoms with E-state index in [2.05, 4.69) is 62.1 Å². The minimum absolute atomic E-state index is 0.888. The monoisotopic (exact) mass is 373 g/mol. The minimum atomic E-state index is -1.96. The van der Waals surface area contributed by atoms with Crippen LogP contribution >= 0.6 is 0 Å². The second kappa shape index (κ2) is 8.08. The quantitative estimate of drug-likeness (QED) is 0.577. The topological polar surface area (TPSA) is 33.0 Å². The first-order valence-electron chi connectivity index (χ1n) is 9.57. The molecule has 1 fully saturated rings. The third kappa shape index (κ3) is 4.66. The van der Waals surface area contributed by atoms with Gasteiger partial charge in [0.15, 0.2) is 13.9 Å². The van der Waals surface area contributed by atoms with Gasteiger partial charge in [0.2, 0.25) is 0 Å². The van der Waals surface area contributed by atoms with E-state index in [0.29, 0.717) is 0 Å². The van der Waals surface area contributed by atoms with E-state index < -0.39 is 13.9 Å². The van der Waals surface area contributed by atoms with Gasteiger partial charge in [-0.15, -0.1) is 0 Å². The van der Waals surface area contributed by atoms with Crippen molar-refractivity contribution in [3.05, 3.63) is 82.9 Å². The smallest absolute Gasteiger partial charge is 0.188 e. The van der Waals surface area contributed by atoms with Gasteiger partial charge in [-0.05, 0) is 61.2 Å². The van der Waals surface area contributed by atoms with E-state index in [-0.39, 0.29) is 0 Å². The molecule has 138 valence electrons. The standard InChI is InChI=1S/C24H27NOSi/c1-27(2,3)26-24(19-25)22(17-20-11-6-4-7-12-20)15-10-16-23(24)18-21-13-8-5-9-14-21/h4-9,11-14,17-18H,10,15-16H2,1-3H3/b22-17+,23-18+. The van der Waals surface area contributed by atoms with E-state index in [1.165, 1.54) is 0 Å². The summed E-state index contributed by atoms with van der Waals surface area (Å²) < 4.78 is 6.63. The maximum Gasteiger partial charge on any atom is 0.188 e. The van der Waals surface area contributed by atoms with E-state index in [0.717, 1.165) is 41.5 Å². The summed E-state index contributed by atoms with van der Waals surface area (Å²) in [7, 11) is -1.96. The Balaban J connectivity index is 2.14. The molecule has 0 bridgehead atoms. The summed E-state index contributed by atoms with van der Waals surface area (Å²) in [6, 6.07) is 23.1. The summed E-state index contributed by atoms with van der Waals surface area (Å²) in [5.74, 6) is 0. The molecular weight excluding hydrogens is 346 g/mol. The average Bonchev–Trinajstić information content (AvgIpc) is 2.65. The summed E-state index contributed by atoms with van der Waals surface area (Å²) in [6.07, 6.45) is 7.12. The molecule has 0 radical (unpaired) electrons. The van der Waals surface area contributed by atoms with Crippen LogP contribution in [0.1, 0.15) is 30.4 Å². The molecule has 3 heteroatoms. The number of nitriles is 1. The Morgan fingerprint density at radius 3 is 1.67 bits per heavy atom. The number of rotatable bonds is 4. The molecule has 0 heterocycles. The van der Waals surface area contributed by atoms with Crippen molar-refractivity contribution >= 4 is 20.5 Å². The first-order chi connectivity index (χ1) is 12.9. The molecule has 1 aliphatic rings. The van der Waals surface area contributed by atoms with Crippen LogP contribution in [-0.2, 0) is 4.43 Å². The molecule has 0 amide bonds. The van der Waals surface area contributed by atoms with Crippen molar-refractivity contribution in [2.24, 2.45) is 0 Å². The predicted octanol–water partition coefficient (Wildman–Crippen LogP) is 6.45. The Labute approximate surface area is 163 Å². The van der Waals surface area contributed by atoms with E-state index in [1.54, 1.807) is 0 Å². The molecule has 1 saturated carbocycles. The largest absolute Gasteiger partial charge is 0.394 e. The highest BCUT2D eigenvalue weighted by Gasteiger charge is 2.44. The molecule has 27 heavy (non-hydrogen) atoms. The van der Waals surface area contributed by atoms with Crippen LogP contribution in [0, 0.1) is 11.3 Å². The van der Waals surface area contributed by atoms with E-state index >= 15 is 0 Å². The van der Waals surface area contributed by atoms with E-state index in [9.17, 15) is 5.26 Å². The van der Waals surface area contributed by atoms with Crippen molar-refractivity contribution in [1.29, 1.82) is 5.26 Å². The molecule has 0 saturated heterocycles. The number of nitrogens with zero attached hydrogens (tertiary/aromatic N) is 1. The van der Waals surface area contributed by atoms with Gasteiger partial charge in [0.25, 0.3) is 0 Å². The van der Waals surface area contributed by atoms with Crippen LogP contribution in [0.4, 0.5) is 0 Å². The molecule has 2 aromatic rings. The molecular formula is C24H27NOSi. The summed E-state index contributed by atoms with van der Waals surface area (Å²) >= 11 is 0. The highest BCUT2D eigenvalue weighted by Crippen LogP contribution is 2.43. The fraction of sp³-hybridized carbons (Fsp3) is 0.292. The van der Waals surface area contributed by atoms with Gasteiger partial charge in [0.05, 0.1) is 0 Å². The third-order valence-electron chi connectivity index (χ3n) is 4.69. The van der Waals surface area contributed by atoms with E-state index in [1.807, 2.05) is 36.4 Å². The van der Waals surface area contributed by atoms with Crippen molar-refractivity contribution in [2.75, 3.05) is 0 Å². The zero-order valence-corrected chi connectivity index (χ0v) is 17.4. The Morgan fingerprint density at radius 2 is 1.30 bits per heavy atom. The van der Waals surface area contributed by atoms with Gasteiger partial charge in [-0.3, -0.25) is 0 Å². The number of hydrogen-bond acceptors (Lipinski definition) is 2. The summed E-state index contributed by atoms with van der Waals surface area (Å²) in [6.45, 7) is 6.46. The van der Waals surface area contributed by atoms with Gasteiger partial charge in [-0.25, -0.2) is 0 Å². The highest BCUT2D eigenvalue weighted by atomic mass is 28.4. The second-order valence-electron chi connectivity index (χ2n) is 8.02. The van der Waals surface area contributed by atoms with Crippen LogP contribution in [0.2, 0.25) is 19.6 Å². The second-order valence-corrected chi connectivity index (χ2v) is 12.5. The Morgan fingerprint density at radius 1 is 0.852 bits per heavy atom. The highest BCUT2D eigenvalue weighted by molar-refractivity contribution is 6.70. The first-order valence-corrected chi connectivity index (χ1v) is 13.0. The lowest BCUT2D eigenvalue weighted by Gasteiger charge is -2.41. The van der Waals surface area contributed by atoms with Gasteiger partial charge in [0.1, 0.15) is 6.07 Å². The van der Waals surface area contributed by atoms with Crippen LogP contribution in [0.3, 0.4) is 0 Å². The van der Waals surface area contributed by atoms with Crippen molar-refractivity contribution in [2.45, 2.75) is 44.5 Å². The Kier molecular flexibility index (Phi) is 5.79. The van der Waals surface area contributed by atoms with Crippen LogP contribution in [-0.4, -0.2) is 13.9 Å². The molecule has 0 atom stereocenters. The van der Waals surface area contributed by atoms with Crippen molar-refractivity contribution in [1.82, 2.24) is 0 Å². The normalized spacial score (nSPS) is 23.3. The maximum atomic E-state index is 10.4. The SMILES string of the molecule is C[Si](C)(C)OC1(C#N)/C(=C/c2ccccc2)CCC/C1=C\c1ccccc1. The van der Waals surface area contributed by atoms with Gasteiger partial charge >= 0.3 is 0 Å². The molecule has 0 spiro atoms. The molecule has 2 aromatic carbocycles. The summed E-state index contributed by atoms with van der Waals surface area (Å²) in [4.78, 5) is 0. The molecule has 1 aliphatic carbocycles. The zero-order valence-electron chi connectivity index (χ0n) is 16.4. The average molecular weight is 374 g/mol. The number of benzene rings is 2. The lowest BCUT2D eigenvalue weighted by Crippen LogP contribution is -2.46. The Bertz CT molecular complexity index is 813. The summed E-state index contributed by atoms with van der Waals surface area (Å²) in [5, 5.41) is 10.4. The summed E-state index contributed by atoms with van der Waals surface area (Å²) in [5.41, 5.74) is 3.42. The van der Waals surface area contributed by atoms with Crippen molar-refractivity contribution in [3.8, 4) is 6.07 Å². The van der Waals surface area contributed by atoms with Gasteiger partial charge < -0.3 is 4.43 Å². The zero-order chi connectivity index (χ0) is 19.3. The van der Waals surface area contributed by atoms with E-state index in [4.69, 9.17) is 4.43 Å². The third-order valence-corrected chi connectivity index (χ3v) is 5.61. The lowest BCUT2D eigenvalue weighted by atomic mass is 9.75. The van der Waals surface area contributed by atoms with Crippen molar-refractivity contribution in [3.63, 3.8) is 0 Å². The lowest BCUT2D eigenvalue weighted by molar-refractivity contribution is 0.179. The van der Waals surface area contributed by atoms with Crippen molar-refractivity contribution < 1.29 is 4.43 Å². The Hall–Kier alpha value is -2.41. The predicted molar refractivity (Wildman–Crippen MR) is 115 cm³/mol. The van der Waals surface area contributed by atoms with Gasteiger partial charge in [-0.1, -0.05) is 72.8 Å². The van der Waals surface area contributed by atoms with Gasteiger partial charge in [-0.2, -0.15) is 5.26 Å². The van der Waals surface area contributed by atoms with Crippen LogP contribution in [0.5, 0.6) is 0 Å². The molecule has 0 aliphatic heterocycles. The van der Waals surface area contributed by atoms with Crippen LogP contribution in [0.15, 0.2) is 71.8 Å². The molecule has 0 unspecified atom stereocenters. The van der Waals surface area contributed by atoms with Crippen LogP contribution < -0.4 is 0 Å². The fourth-order valence-electron chi connectivity index (χ4n) is 3.63. The molecule has 2 nitrogen and oxygen atoms in total. The van der Waals surface area contributed by atoms with Crippen LogP contribution in [0.25, 0.3) is 12.2 Å². The molecule has 3 rings (SSSR count). The van der Waals surface area contributed by atoms with Gasteiger partial charge in [0, 0.05) is 0 Å². The minimum Gasteiger partial charge on any atom is -0.394 e.